The molecule has 0 fully saturated rings. The Balaban J connectivity index is 1.67. The second-order valence-corrected chi connectivity index (χ2v) is 6.18. The molecule has 2 unspecified atom stereocenters. The Morgan fingerprint density at radius 1 is 1.12 bits per heavy atom. The van der Waals surface area contributed by atoms with E-state index in [2.05, 4.69) is 16.7 Å². The molecule has 1 amide bonds. The van der Waals surface area contributed by atoms with Gasteiger partial charge >= 0.3 is 5.97 Å². The van der Waals surface area contributed by atoms with E-state index in [1.165, 1.54) is 18.2 Å². The number of benzene rings is 2. The van der Waals surface area contributed by atoms with Crippen LogP contribution in [0, 0.1) is 0 Å². The van der Waals surface area contributed by atoms with Crippen LogP contribution in [-0.4, -0.2) is 31.1 Å². The zero-order valence-corrected chi connectivity index (χ0v) is 14.2. The second kappa shape index (κ2) is 7.94. The highest BCUT2D eigenvalue weighted by atomic mass is 16.5. The monoisotopic (exact) mass is 338 g/mol. The minimum Gasteiger partial charge on any atom is -0.467 e. The Hall–Kier alpha value is -2.66. The van der Waals surface area contributed by atoms with E-state index in [-0.39, 0.29) is 11.9 Å². The number of rotatable bonds is 5. The lowest BCUT2D eigenvalue weighted by Gasteiger charge is -2.27. The molecule has 0 bridgehead atoms. The van der Waals surface area contributed by atoms with Crippen LogP contribution in [0.1, 0.15) is 16.7 Å². The van der Waals surface area contributed by atoms with Gasteiger partial charge in [-0.2, -0.15) is 0 Å². The Morgan fingerprint density at radius 3 is 2.52 bits per heavy atom. The zero-order chi connectivity index (χ0) is 17.6. The summed E-state index contributed by atoms with van der Waals surface area (Å²) in [6, 6.07) is 16.6. The molecule has 1 aliphatic rings. The van der Waals surface area contributed by atoms with E-state index in [0.717, 1.165) is 5.56 Å². The van der Waals surface area contributed by atoms with Crippen LogP contribution in [-0.2, 0) is 33.7 Å². The molecule has 5 heteroatoms. The largest absolute Gasteiger partial charge is 0.467 e. The van der Waals surface area contributed by atoms with Crippen molar-refractivity contribution in [2.75, 3.05) is 7.11 Å². The SMILES string of the molecule is COC(=O)C(Cc1ccccc1)NC(=O)C1Cc2ccccc2CN1. The van der Waals surface area contributed by atoms with Gasteiger partial charge in [0.25, 0.3) is 0 Å². The van der Waals surface area contributed by atoms with Gasteiger partial charge in [-0.05, 0) is 23.1 Å². The van der Waals surface area contributed by atoms with E-state index in [9.17, 15) is 9.59 Å². The van der Waals surface area contributed by atoms with Gasteiger partial charge in [0.15, 0.2) is 0 Å². The van der Waals surface area contributed by atoms with E-state index in [1.54, 1.807) is 0 Å². The van der Waals surface area contributed by atoms with Gasteiger partial charge in [-0.3, -0.25) is 4.79 Å². The maximum absolute atomic E-state index is 12.6. The number of methoxy groups -OCH3 is 1. The van der Waals surface area contributed by atoms with E-state index >= 15 is 0 Å². The molecule has 1 heterocycles. The highest BCUT2D eigenvalue weighted by Crippen LogP contribution is 2.16. The molecule has 0 aromatic heterocycles. The fraction of sp³-hybridized carbons (Fsp3) is 0.300. The second-order valence-electron chi connectivity index (χ2n) is 6.18. The Kier molecular flexibility index (Phi) is 5.46. The van der Waals surface area contributed by atoms with Crippen LogP contribution in [0.15, 0.2) is 54.6 Å². The van der Waals surface area contributed by atoms with Crippen LogP contribution in [0.2, 0.25) is 0 Å². The summed E-state index contributed by atoms with van der Waals surface area (Å²) in [6.07, 6.45) is 1.02. The number of carbonyl (C=O) groups excluding carboxylic acids is 2. The smallest absolute Gasteiger partial charge is 0.328 e. The first-order chi connectivity index (χ1) is 12.2. The minimum atomic E-state index is -0.695. The summed E-state index contributed by atoms with van der Waals surface area (Å²) in [5, 5.41) is 6.08. The lowest BCUT2D eigenvalue weighted by atomic mass is 9.95. The van der Waals surface area contributed by atoms with Gasteiger partial charge in [-0.1, -0.05) is 54.6 Å². The lowest BCUT2D eigenvalue weighted by molar-refractivity contribution is -0.145. The Bertz CT molecular complexity index is 746. The van der Waals surface area contributed by atoms with Crippen molar-refractivity contribution in [3.05, 3.63) is 71.3 Å². The van der Waals surface area contributed by atoms with Gasteiger partial charge in [-0.25, -0.2) is 4.79 Å². The molecule has 0 spiro atoms. The number of amides is 1. The molecular formula is C20H22N2O3. The molecule has 2 aromatic rings. The number of fused-ring (bicyclic) bond motifs is 1. The average molecular weight is 338 g/mol. The predicted octanol–water partition coefficient (Wildman–Crippen LogP) is 1.60. The van der Waals surface area contributed by atoms with Gasteiger partial charge in [0.2, 0.25) is 5.91 Å². The highest BCUT2D eigenvalue weighted by Gasteiger charge is 2.28. The van der Waals surface area contributed by atoms with E-state index in [1.807, 2.05) is 48.5 Å². The molecule has 3 rings (SSSR count). The summed E-state index contributed by atoms with van der Waals surface area (Å²) < 4.78 is 4.85. The standard InChI is InChI=1S/C20H22N2O3/c1-25-20(24)18(11-14-7-3-2-4-8-14)22-19(23)17-12-15-9-5-6-10-16(15)13-21-17/h2-10,17-18,21H,11-13H2,1H3,(H,22,23). The molecule has 2 N–H and O–H groups in total. The van der Waals surface area contributed by atoms with Crippen molar-refractivity contribution in [3.63, 3.8) is 0 Å². The van der Waals surface area contributed by atoms with Gasteiger partial charge < -0.3 is 15.4 Å². The fourth-order valence-corrected chi connectivity index (χ4v) is 3.10. The topological polar surface area (TPSA) is 67.4 Å². The summed E-state index contributed by atoms with van der Waals surface area (Å²) in [5.41, 5.74) is 3.35. The van der Waals surface area contributed by atoms with Crippen molar-refractivity contribution in [1.29, 1.82) is 0 Å². The third-order valence-electron chi connectivity index (χ3n) is 4.48. The van der Waals surface area contributed by atoms with Crippen molar-refractivity contribution in [2.45, 2.75) is 31.5 Å². The van der Waals surface area contributed by atoms with Crippen LogP contribution in [0.25, 0.3) is 0 Å². The molecule has 130 valence electrons. The normalized spacial score (nSPS) is 17.2. The van der Waals surface area contributed by atoms with Crippen molar-refractivity contribution in [1.82, 2.24) is 10.6 Å². The number of ether oxygens (including phenoxy) is 1. The number of hydrogen-bond acceptors (Lipinski definition) is 4. The molecule has 0 saturated heterocycles. The summed E-state index contributed by atoms with van der Waals surface area (Å²) in [6.45, 7) is 0.649. The summed E-state index contributed by atoms with van der Waals surface area (Å²) >= 11 is 0. The summed E-state index contributed by atoms with van der Waals surface area (Å²) in [4.78, 5) is 24.7. The maximum Gasteiger partial charge on any atom is 0.328 e. The van der Waals surface area contributed by atoms with Gasteiger partial charge in [0.05, 0.1) is 13.2 Å². The predicted molar refractivity (Wildman–Crippen MR) is 94.9 cm³/mol. The zero-order valence-electron chi connectivity index (χ0n) is 14.2. The highest BCUT2D eigenvalue weighted by molar-refractivity contribution is 5.88. The average Bonchev–Trinajstić information content (AvgIpc) is 2.67. The Labute approximate surface area is 147 Å². The maximum atomic E-state index is 12.6. The van der Waals surface area contributed by atoms with Gasteiger partial charge in [0.1, 0.15) is 6.04 Å². The van der Waals surface area contributed by atoms with Gasteiger partial charge in [-0.15, -0.1) is 0 Å². The first kappa shape index (κ1) is 17.2. The molecular weight excluding hydrogens is 316 g/mol. The molecule has 1 aliphatic heterocycles. The quantitative estimate of drug-likeness (QED) is 0.813. The number of nitrogens with one attached hydrogen (secondary N) is 2. The van der Waals surface area contributed by atoms with Crippen LogP contribution in [0.5, 0.6) is 0 Å². The van der Waals surface area contributed by atoms with Crippen LogP contribution in [0.4, 0.5) is 0 Å². The molecule has 2 aromatic carbocycles. The molecule has 25 heavy (non-hydrogen) atoms. The first-order valence-corrected chi connectivity index (χ1v) is 8.39. The number of carbonyl (C=O) groups is 2. The number of hydrogen-bond donors (Lipinski definition) is 2. The third kappa shape index (κ3) is 4.25. The molecule has 0 radical (unpaired) electrons. The molecule has 5 nitrogen and oxygen atoms in total. The van der Waals surface area contributed by atoms with Crippen LogP contribution in [0.3, 0.4) is 0 Å². The molecule has 0 aliphatic carbocycles. The molecule has 2 atom stereocenters. The van der Waals surface area contributed by atoms with Crippen LogP contribution >= 0.6 is 0 Å². The first-order valence-electron chi connectivity index (χ1n) is 8.39. The van der Waals surface area contributed by atoms with Crippen molar-refractivity contribution in [3.8, 4) is 0 Å². The van der Waals surface area contributed by atoms with Crippen LogP contribution < -0.4 is 10.6 Å². The third-order valence-corrected chi connectivity index (χ3v) is 4.48. The Morgan fingerprint density at radius 2 is 1.80 bits per heavy atom. The van der Waals surface area contributed by atoms with E-state index in [0.29, 0.717) is 19.4 Å². The fourth-order valence-electron chi connectivity index (χ4n) is 3.10. The molecule has 0 saturated carbocycles. The van der Waals surface area contributed by atoms with E-state index < -0.39 is 12.0 Å². The lowest BCUT2D eigenvalue weighted by Crippen LogP contribution is -2.53. The number of esters is 1. The summed E-state index contributed by atoms with van der Waals surface area (Å²) in [7, 11) is 1.33. The summed E-state index contributed by atoms with van der Waals surface area (Å²) in [5.74, 6) is -0.616. The van der Waals surface area contributed by atoms with E-state index in [4.69, 9.17) is 4.74 Å². The van der Waals surface area contributed by atoms with Gasteiger partial charge in [0, 0.05) is 13.0 Å². The van der Waals surface area contributed by atoms with Crippen molar-refractivity contribution in [2.24, 2.45) is 0 Å². The minimum absolute atomic E-state index is 0.180. The van der Waals surface area contributed by atoms with Crippen molar-refractivity contribution >= 4 is 11.9 Å². The van der Waals surface area contributed by atoms with Crippen molar-refractivity contribution < 1.29 is 14.3 Å².